The van der Waals surface area contributed by atoms with E-state index in [0.717, 1.165) is 0 Å². The molecule has 7 aromatic carbocycles. The molecule has 0 unspecified atom stereocenters. The Morgan fingerprint density at radius 3 is 0.875 bits per heavy atom. The molecule has 156 valence electrons. The smallest absolute Gasteiger partial charge is 0.0656 e. The average Bonchev–Trinajstić information content (AvgIpc) is 2.71. The lowest BCUT2D eigenvalue weighted by Gasteiger charge is -2.30. The topological polar surface area (TPSA) is 0 Å². The zero-order chi connectivity index (χ0) is 22.2. The van der Waals surface area contributed by atoms with E-state index in [0.29, 0.717) is 0 Å². The fraction of sp³-hybridized carbons (Fsp3) is 0.200. The highest BCUT2D eigenvalue weighted by molar-refractivity contribution is 6.98. The summed E-state index contributed by atoms with van der Waals surface area (Å²) in [6.07, 6.45) is 0. The second-order valence-corrected chi connectivity index (χ2v) is 22.0. The highest BCUT2D eigenvalue weighted by Gasteiger charge is 2.29. The summed E-state index contributed by atoms with van der Waals surface area (Å²) < 4.78 is 0. The minimum atomic E-state index is -1.40. The van der Waals surface area contributed by atoms with Gasteiger partial charge in [0.2, 0.25) is 0 Å². The SMILES string of the molecule is C[Si](C)(C)c1cc2c(cc1[Si](C)(C)C)c1cc3c4cc5c6ccccc6c5cc4c3cc21. The van der Waals surface area contributed by atoms with E-state index in [1.54, 1.807) is 10.4 Å². The van der Waals surface area contributed by atoms with Crippen molar-refractivity contribution < 1.29 is 0 Å². The van der Waals surface area contributed by atoms with Crippen molar-refractivity contribution in [3.05, 3.63) is 60.7 Å². The van der Waals surface area contributed by atoms with Gasteiger partial charge in [-0.05, 0) is 88.9 Å². The van der Waals surface area contributed by atoms with E-state index >= 15 is 0 Å². The second kappa shape index (κ2) is 5.62. The van der Waals surface area contributed by atoms with Crippen molar-refractivity contribution in [3.8, 4) is 0 Å². The summed E-state index contributed by atoms with van der Waals surface area (Å²) in [5, 5.41) is 20.7. The highest BCUT2D eigenvalue weighted by atomic mass is 28.3. The molecule has 0 radical (unpaired) electrons. The molecule has 7 rings (SSSR count). The van der Waals surface area contributed by atoms with Gasteiger partial charge in [0, 0.05) is 0 Å². The summed E-state index contributed by atoms with van der Waals surface area (Å²) in [5.41, 5.74) is 0. The maximum atomic E-state index is 2.58. The van der Waals surface area contributed by atoms with Crippen LogP contribution in [-0.4, -0.2) is 16.1 Å². The predicted octanol–water partition coefficient (Wildman–Crippen LogP) is 8.01. The van der Waals surface area contributed by atoms with Gasteiger partial charge >= 0.3 is 0 Å². The van der Waals surface area contributed by atoms with Gasteiger partial charge in [0.15, 0.2) is 0 Å². The zero-order valence-electron chi connectivity index (χ0n) is 19.8. The first-order valence-corrected chi connectivity index (χ1v) is 18.8. The van der Waals surface area contributed by atoms with Gasteiger partial charge in [-0.25, -0.2) is 0 Å². The van der Waals surface area contributed by atoms with Crippen molar-refractivity contribution >= 4 is 91.2 Å². The molecule has 0 atom stereocenters. The summed E-state index contributed by atoms with van der Waals surface area (Å²) in [5.74, 6) is 0. The first kappa shape index (κ1) is 18.8. The van der Waals surface area contributed by atoms with E-state index in [1.165, 1.54) is 64.6 Å². The summed E-state index contributed by atoms with van der Waals surface area (Å²) in [4.78, 5) is 0. The van der Waals surface area contributed by atoms with Crippen LogP contribution in [0.4, 0.5) is 0 Å². The number of benzene rings is 4. The molecule has 0 aliphatic rings. The maximum Gasteiger partial charge on any atom is 0.0774 e. The van der Waals surface area contributed by atoms with E-state index < -0.39 is 16.1 Å². The standard InChI is InChI=1S/C30H28Si2/c1-31(2,3)29-15-27-25-13-23-21-11-19-17-9-7-8-10-18(17)20(19)12-22(21)24(23)14-26(25)28(27)16-30(29)32(4,5)6/h7-16H,1-6H3. The van der Waals surface area contributed by atoms with Crippen LogP contribution in [0.3, 0.4) is 0 Å². The van der Waals surface area contributed by atoms with Gasteiger partial charge in [0.25, 0.3) is 0 Å². The third-order valence-corrected chi connectivity index (χ3v) is 12.1. The first-order chi connectivity index (χ1) is 15.1. The molecule has 0 saturated heterocycles. The van der Waals surface area contributed by atoms with Crippen LogP contribution in [0.5, 0.6) is 0 Å². The van der Waals surface area contributed by atoms with Gasteiger partial charge in [0.05, 0.1) is 16.1 Å². The lowest BCUT2D eigenvalue weighted by molar-refractivity contribution is 1.70. The zero-order valence-corrected chi connectivity index (χ0v) is 21.8. The molecule has 32 heavy (non-hydrogen) atoms. The number of rotatable bonds is 2. The lowest BCUT2D eigenvalue weighted by atomic mass is 9.83. The van der Waals surface area contributed by atoms with Crippen LogP contribution in [-0.2, 0) is 0 Å². The maximum absolute atomic E-state index is 2.58. The molecule has 0 saturated carbocycles. The van der Waals surface area contributed by atoms with Crippen molar-refractivity contribution in [2.45, 2.75) is 39.3 Å². The third-order valence-electron chi connectivity index (χ3n) is 7.76. The van der Waals surface area contributed by atoms with Crippen molar-refractivity contribution in [1.29, 1.82) is 0 Å². The highest BCUT2D eigenvalue weighted by Crippen LogP contribution is 2.47. The molecule has 2 heteroatoms. The molecule has 0 heterocycles. The van der Waals surface area contributed by atoms with Crippen molar-refractivity contribution in [2.75, 3.05) is 0 Å². The minimum Gasteiger partial charge on any atom is -0.0656 e. The van der Waals surface area contributed by atoms with Crippen LogP contribution in [0.1, 0.15) is 0 Å². The predicted molar refractivity (Wildman–Crippen MR) is 151 cm³/mol. The number of fused-ring (bicyclic) bond motifs is 12. The van der Waals surface area contributed by atoms with Crippen LogP contribution < -0.4 is 10.4 Å². The van der Waals surface area contributed by atoms with Crippen LogP contribution in [0.15, 0.2) is 60.7 Å². The monoisotopic (exact) mass is 444 g/mol. The third kappa shape index (κ3) is 2.22. The van der Waals surface area contributed by atoms with E-state index in [-0.39, 0.29) is 0 Å². The second-order valence-electron chi connectivity index (χ2n) is 11.9. The van der Waals surface area contributed by atoms with Gasteiger partial charge < -0.3 is 0 Å². The van der Waals surface area contributed by atoms with Gasteiger partial charge in [0.1, 0.15) is 0 Å². The van der Waals surface area contributed by atoms with E-state index in [1.807, 2.05) is 0 Å². The van der Waals surface area contributed by atoms with Crippen molar-refractivity contribution in [1.82, 2.24) is 0 Å². The van der Waals surface area contributed by atoms with Crippen LogP contribution in [0.2, 0.25) is 39.3 Å². The summed E-state index contributed by atoms with van der Waals surface area (Å²) >= 11 is 0. The molecule has 0 bridgehead atoms. The average molecular weight is 445 g/mol. The molecule has 0 nitrogen and oxygen atoms in total. The molecule has 0 amide bonds. The summed E-state index contributed by atoms with van der Waals surface area (Å²) in [6, 6.07) is 23.8. The van der Waals surface area contributed by atoms with Crippen LogP contribution >= 0.6 is 0 Å². The van der Waals surface area contributed by atoms with E-state index in [2.05, 4.69) is 99.9 Å². The number of hydrogen-bond donors (Lipinski definition) is 0. The molecule has 0 aliphatic carbocycles. The van der Waals surface area contributed by atoms with Crippen LogP contribution in [0, 0.1) is 0 Å². The fourth-order valence-corrected chi connectivity index (χ4v) is 11.2. The molecular formula is C30H28Si2. The Hall–Kier alpha value is -2.69. The number of hydrogen-bond acceptors (Lipinski definition) is 0. The molecule has 0 spiro atoms. The minimum absolute atomic E-state index is 1.40. The first-order valence-electron chi connectivity index (χ1n) is 11.8. The Kier molecular flexibility index (Phi) is 3.31. The van der Waals surface area contributed by atoms with Gasteiger partial charge in [-0.2, -0.15) is 0 Å². The van der Waals surface area contributed by atoms with E-state index in [9.17, 15) is 0 Å². The molecule has 0 aromatic heterocycles. The van der Waals surface area contributed by atoms with E-state index in [4.69, 9.17) is 0 Å². The molecule has 7 aromatic rings. The van der Waals surface area contributed by atoms with Gasteiger partial charge in [-0.3, -0.25) is 0 Å². The Morgan fingerprint density at radius 1 is 0.344 bits per heavy atom. The lowest BCUT2D eigenvalue weighted by Crippen LogP contribution is -2.56. The Labute approximate surface area is 190 Å². The Balaban J connectivity index is 1.53. The Morgan fingerprint density at radius 2 is 0.594 bits per heavy atom. The Bertz CT molecular complexity index is 1690. The quantitative estimate of drug-likeness (QED) is 0.237. The summed E-state index contributed by atoms with van der Waals surface area (Å²) in [7, 11) is -2.81. The van der Waals surface area contributed by atoms with Gasteiger partial charge in [-0.15, -0.1) is 0 Å². The van der Waals surface area contributed by atoms with Crippen molar-refractivity contribution in [3.63, 3.8) is 0 Å². The summed E-state index contributed by atoms with van der Waals surface area (Å²) in [6.45, 7) is 15.0. The largest absolute Gasteiger partial charge is 0.0774 e. The fourth-order valence-electron chi connectivity index (χ4n) is 6.03. The molecule has 0 aliphatic heterocycles. The van der Waals surface area contributed by atoms with Crippen molar-refractivity contribution in [2.24, 2.45) is 0 Å². The molecule has 0 N–H and O–H groups in total. The van der Waals surface area contributed by atoms with Crippen LogP contribution in [0.25, 0.3) is 64.6 Å². The molecule has 0 fully saturated rings. The normalized spacial score (nSPS) is 13.9. The molecular weight excluding hydrogens is 417 g/mol. The van der Waals surface area contributed by atoms with Gasteiger partial charge in [-0.1, -0.05) is 86.1 Å².